The standard InChI is InChI=1S/C19H28N2O5/c1-24-12-13-26-15-19(23)21-9-3-8-20(10-11-21)18(22)14-16-4-6-17(25-2)7-5-16/h4-7H,3,8-15H2,1-2H3. The number of ether oxygens (including phenoxy) is 3. The maximum absolute atomic E-state index is 12.5. The summed E-state index contributed by atoms with van der Waals surface area (Å²) in [4.78, 5) is 28.3. The highest BCUT2D eigenvalue weighted by molar-refractivity contribution is 5.79. The quantitative estimate of drug-likeness (QED) is 0.643. The van der Waals surface area contributed by atoms with Crippen LogP contribution in [0.15, 0.2) is 24.3 Å². The predicted molar refractivity (Wildman–Crippen MR) is 97.2 cm³/mol. The topological polar surface area (TPSA) is 68.3 Å². The molecule has 26 heavy (non-hydrogen) atoms. The first-order valence-corrected chi connectivity index (χ1v) is 8.89. The Kier molecular flexibility index (Phi) is 8.37. The normalized spacial score (nSPS) is 14.8. The number of hydrogen-bond donors (Lipinski definition) is 0. The fourth-order valence-corrected chi connectivity index (χ4v) is 2.84. The van der Waals surface area contributed by atoms with Crippen LogP contribution in [0.2, 0.25) is 0 Å². The summed E-state index contributed by atoms with van der Waals surface area (Å²) in [6, 6.07) is 7.52. The van der Waals surface area contributed by atoms with Gasteiger partial charge in [0, 0.05) is 33.3 Å². The summed E-state index contributed by atoms with van der Waals surface area (Å²) in [5.41, 5.74) is 0.958. The molecule has 1 aliphatic heterocycles. The second kappa shape index (κ2) is 10.8. The highest BCUT2D eigenvalue weighted by Crippen LogP contribution is 2.13. The van der Waals surface area contributed by atoms with Gasteiger partial charge in [-0.1, -0.05) is 12.1 Å². The van der Waals surface area contributed by atoms with Crippen molar-refractivity contribution in [2.24, 2.45) is 0 Å². The van der Waals surface area contributed by atoms with Gasteiger partial charge in [-0.3, -0.25) is 9.59 Å². The first kappa shape index (κ1) is 20.2. The van der Waals surface area contributed by atoms with Crippen molar-refractivity contribution >= 4 is 11.8 Å². The molecule has 1 aromatic carbocycles. The van der Waals surface area contributed by atoms with Gasteiger partial charge in [0.15, 0.2) is 0 Å². The highest BCUT2D eigenvalue weighted by Gasteiger charge is 2.22. The van der Waals surface area contributed by atoms with Crippen LogP contribution in [-0.4, -0.2) is 81.8 Å². The van der Waals surface area contributed by atoms with Crippen molar-refractivity contribution in [1.82, 2.24) is 9.80 Å². The number of nitrogens with zero attached hydrogens (tertiary/aromatic N) is 2. The van der Waals surface area contributed by atoms with Gasteiger partial charge < -0.3 is 24.0 Å². The lowest BCUT2D eigenvalue weighted by atomic mass is 10.1. The van der Waals surface area contributed by atoms with E-state index in [-0.39, 0.29) is 18.4 Å². The van der Waals surface area contributed by atoms with E-state index in [1.165, 1.54) is 0 Å². The van der Waals surface area contributed by atoms with Crippen molar-refractivity contribution < 1.29 is 23.8 Å². The Bertz CT molecular complexity index is 576. The molecule has 0 aliphatic carbocycles. The number of hydrogen-bond acceptors (Lipinski definition) is 5. The van der Waals surface area contributed by atoms with Crippen molar-refractivity contribution in [3.63, 3.8) is 0 Å². The Labute approximate surface area is 154 Å². The molecular weight excluding hydrogens is 336 g/mol. The van der Waals surface area contributed by atoms with Gasteiger partial charge in [0.05, 0.1) is 26.7 Å². The first-order chi connectivity index (χ1) is 12.6. The van der Waals surface area contributed by atoms with Gasteiger partial charge in [0.2, 0.25) is 11.8 Å². The van der Waals surface area contributed by atoms with Crippen LogP contribution >= 0.6 is 0 Å². The number of methoxy groups -OCH3 is 2. The van der Waals surface area contributed by atoms with E-state index < -0.39 is 0 Å². The van der Waals surface area contributed by atoms with E-state index in [4.69, 9.17) is 14.2 Å². The molecule has 0 unspecified atom stereocenters. The molecular formula is C19H28N2O5. The van der Waals surface area contributed by atoms with E-state index in [0.29, 0.717) is 45.8 Å². The Morgan fingerprint density at radius 2 is 1.58 bits per heavy atom. The van der Waals surface area contributed by atoms with Gasteiger partial charge in [-0.15, -0.1) is 0 Å². The molecule has 0 bridgehead atoms. The molecule has 0 radical (unpaired) electrons. The van der Waals surface area contributed by atoms with E-state index in [0.717, 1.165) is 17.7 Å². The number of amides is 2. The second-order valence-electron chi connectivity index (χ2n) is 6.19. The highest BCUT2D eigenvalue weighted by atomic mass is 16.5. The van der Waals surface area contributed by atoms with Crippen LogP contribution in [0.1, 0.15) is 12.0 Å². The average molecular weight is 364 g/mol. The van der Waals surface area contributed by atoms with Crippen LogP contribution in [-0.2, 0) is 25.5 Å². The molecule has 2 amide bonds. The zero-order chi connectivity index (χ0) is 18.8. The lowest BCUT2D eigenvalue weighted by Gasteiger charge is -2.22. The Morgan fingerprint density at radius 1 is 0.923 bits per heavy atom. The first-order valence-electron chi connectivity index (χ1n) is 8.89. The number of benzene rings is 1. The summed E-state index contributed by atoms with van der Waals surface area (Å²) < 4.78 is 15.3. The molecule has 7 nitrogen and oxygen atoms in total. The van der Waals surface area contributed by atoms with Crippen LogP contribution in [0.5, 0.6) is 5.75 Å². The van der Waals surface area contributed by atoms with Crippen molar-refractivity contribution in [2.45, 2.75) is 12.8 Å². The molecule has 2 rings (SSSR count). The lowest BCUT2D eigenvalue weighted by Crippen LogP contribution is -2.39. The van der Waals surface area contributed by atoms with E-state index in [1.54, 1.807) is 19.1 Å². The summed E-state index contributed by atoms with van der Waals surface area (Å²) >= 11 is 0. The SMILES string of the molecule is COCCOCC(=O)N1CCCN(C(=O)Cc2ccc(OC)cc2)CC1. The van der Waals surface area contributed by atoms with E-state index in [9.17, 15) is 9.59 Å². The molecule has 0 N–H and O–H groups in total. The zero-order valence-corrected chi connectivity index (χ0v) is 15.6. The van der Waals surface area contributed by atoms with Gasteiger partial charge in [-0.25, -0.2) is 0 Å². The largest absolute Gasteiger partial charge is 0.497 e. The fraction of sp³-hybridized carbons (Fsp3) is 0.579. The fourth-order valence-electron chi connectivity index (χ4n) is 2.84. The van der Waals surface area contributed by atoms with Gasteiger partial charge >= 0.3 is 0 Å². The smallest absolute Gasteiger partial charge is 0.248 e. The van der Waals surface area contributed by atoms with Gasteiger partial charge in [0.25, 0.3) is 0 Å². The second-order valence-corrected chi connectivity index (χ2v) is 6.19. The van der Waals surface area contributed by atoms with Crippen LogP contribution in [0.3, 0.4) is 0 Å². The minimum Gasteiger partial charge on any atom is -0.497 e. The minimum atomic E-state index is -0.0365. The Hall–Kier alpha value is -2.12. The van der Waals surface area contributed by atoms with Crippen LogP contribution in [0.25, 0.3) is 0 Å². The molecule has 1 aromatic rings. The van der Waals surface area contributed by atoms with Crippen LogP contribution in [0, 0.1) is 0 Å². The van der Waals surface area contributed by atoms with E-state index >= 15 is 0 Å². The van der Waals surface area contributed by atoms with Crippen LogP contribution in [0.4, 0.5) is 0 Å². The molecule has 0 aromatic heterocycles. The minimum absolute atomic E-state index is 0.0365. The Balaban J connectivity index is 1.79. The molecule has 7 heteroatoms. The van der Waals surface area contributed by atoms with Crippen molar-refractivity contribution in [2.75, 3.05) is 60.2 Å². The maximum atomic E-state index is 12.5. The van der Waals surface area contributed by atoms with Crippen molar-refractivity contribution in [3.8, 4) is 5.75 Å². The third kappa shape index (κ3) is 6.31. The predicted octanol–water partition coefficient (Wildman–Crippen LogP) is 0.962. The Morgan fingerprint density at radius 3 is 2.19 bits per heavy atom. The van der Waals surface area contributed by atoms with Crippen molar-refractivity contribution in [1.29, 1.82) is 0 Å². The van der Waals surface area contributed by atoms with Gasteiger partial charge in [0.1, 0.15) is 12.4 Å². The summed E-state index contributed by atoms with van der Waals surface area (Å²) in [6.45, 7) is 3.36. The third-order valence-electron chi connectivity index (χ3n) is 4.37. The molecule has 144 valence electrons. The molecule has 0 atom stereocenters. The van der Waals surface area contributed by atoms with Crippen LogP contribution < -0.4 is 4.74 Å². The van der Waals surface area contributed by atoms with E-state index in [1.807, 2.05) is 29.2 Å². The summed E-state index contributed by atoms with van der Waals surface area (Å²) in [6.07, 6.45) is 1.14. The summed E-state index contributed by atoms with van der Waals surface area (Å²) in [5.74, 6) is 0.823. The molecule has 1 aliphatic rings. The summed E-state index contributed by atoms with van der Waals surface area (Å²) in [7, 11) is 3.21. The molecule has 0 saturated carbocycles. The third-order valence-corrected chi connectivity index (χ3v) is 4.37. The molecule has 1 heterocycles. The lowest BCUT2D eigenvalue weighted by molar-refractivity contribution is -0.137. The molecule has 1 saturated heterocycles. The maximum Gasteiger partial charge on any atom is 0.248 e. The van der Waals surface area contributed by atoms with Gasteiger partial charge in [-0.05, 0) is 24.1 Å². The molecule has 0 spiro atoms. The average Bonchev–Trinajstić information content (AvgIpc) is 2.92. The summed E-state index contributed by atoms with van der Waals surface area (Å²) in [5, 5.41) is 0. The van der Waals surface area contributed by atoms with Crippen molar-refractivity contribution in [3.05, 3.63) is 29.8 Å². The number of carbonyl (C=O) groups excluding carboxylic acids is 2. The zero-order valence-electron chi connectivity index (χ0n) is 15.6. The number of rotatable bonds is 8. The van der Waals surface area contributed by atoms with Gasteiger partial charge in [-0.2, -0.15) is 0 Å². The number of carbonyl (C=O) groups is 2. The monoisotopic (exact) mass is 364 g/mol. The molecule has 1 fully saturated rings. The van der Waals surface area contributed by atoms with E-state index in [2.05, 4.69) is 0 Å².